The second-order valence-corrected chi connectivity index (χ2v) is 9.76. The molecule has 38 heavy (non-hydrogen) atoms. The Hall–Kier alpha value is -4.13. The molecule has 0 N–H and O–H groups in total. The fourth-order valence-corrected chi connectivity index (χ4v) is 4.93. The lowest BCUT2D eigenvalue weighted by Gasteiger charge is -2.25. The van der Waals surface area contributed by atoms with Gasteiger partial charge in [-0.25, -0.2) is 4.98 Å². The Bertz CT molecular complexity index is 1540. The fraction of sp³-hybridized carbons (Fsp3) is 0.323. The standard InChI is InChI=1S/C31H32N2O5/c1-5-6-7-8-15-37-24-13-11-21(17-25(24)36-4)28-27-29(34)22-16-19(2)9-12-23(22)38-30(27)31(35)33(28)26-14-10-20(3)18-32-26/h9-14,16-18,28H,5-8,15H2,1-4H3. The Kier molecular flexibility index (Phi) is 7.18. The van der Waals surface area contributed by atoms with Crippen LogP contribution in [0.4, 0.5) is 5.82 Å². The molecular formula is C31H32N2O5. The third kappa shape index (κ3) is 4.64. The zero-order valence-electron chi connectivity index (χ0n) is 22.2. The summed E-state index contributed by atoms with van der Waals surface area (Å²) in [6, 6.07) is 13.9. The highest BCUT2D eigenvalue weighted by atomic mass is 16.5. The molecule has 2 aromatic carbocycles. The Balaban J connectivity index is 1.63. The largest absolute Gasteiger partial charge is 0.493 e. The number of carbonyl (C=O) groups is 1. The van der Waals surface area contributed by atoms with Crippen molar-refractivity contribution in [2.24, 2.45) is 0 Å². The van der Waals surface area contributed by atoms with Crippen molar-refractivity contribution in [1.29, 1.82) is 0 Å². The van der Waals surface area contributed by atoms with Crippen LogP contribution in [0.5, 0.6) is 11.5 Å². The van der Waals surface area contributed by atoms with Gasteiger partial charge in [-0.1, -0.05) is 49.9 Å². The number of aromatic nitrogens is 1. The van der Waals surface area contributed by atoms with Crippen molar-refractivity contribution in [3.8, 4) is 11.5 Å². The van der Waals surface area contributed by atoms with E-state index in [-0.39, 0.29) is 11.2 Å². The lowest BCUT2D eigenvalue weighted by atomic mass is 9.97. The van der Waals surface area contributed by atoms with E-state index in [9.17, 15) is 9.59 Å². The summed E-state index contributed by atoms with van der Waals surface area (Å²) in [6.45, 7) is 6.62. The predicted molar refractivity (Wildman–Crippen MR) is 147 cm³/mol. The zero-order chi connectivity index (χ0) is 26.8. The van der Waals surface area contributed by atoms with Gasteiger partial charge in [-0.15, -0.1) is 0 Å². The van der Waals surface area contributed by atoms with Crippen molar-refractivity contribution in [3.05, 3.63) is 93.0 Å². The molecule has 1 amide bonds. The van der Waals surface area contributed by atoms with E-state index in [0.717, 1.165) is 30.4 Å². The molecule has 0 bridgehead atoms. The van der Waals surface area contributed by atoms with Gasteiger partial charge in [0, 0.05) is 6.20 Å². The minimum atomic E-state index is -0.735. The normalized spacial score (nSPS) is 14.7. The Morgan fingerprint density at radius 3 is 2.50 bits per heavy atom. The highest BCUT2D eigenvalue weighted by molar-refractivity contribution is 6.10. The zero-order valence-corrected chi connectivity index (χ0v) is 22.2. The second-order valence-electron chi connectivity index (χ2n) is 9.76. The maximum Gasteiger partial charge on any atom is 0.296 e. The number of carbonyl (C=O) groups excluding carboxylic acids is 1. The maximum atomic E-state index is 13.9. The first-order valence-electron chi connectivity index (χ1n) is 13.1. The fourth-order valence-electron chi connectivity index (χ4n) is 4.93. The summed E-state index contributed by atoms with van der Waals surface area (Å²) in [5.41, 5.74) is 3.05. The Morgan fingerprint density at radius 2 is 1.76 bits per heavy atom. The van der Waals surface area contributed by atoms with E-state index in [2.05, 4.69) is 11.9 Å². The number of rotatable bonds is 9. The number of hydrogen-bond donors (Lipinski definition) is 0. The lowest BCUT2D eigenvalue weighted by molar-refractivity contribution is 0.0970. The number of methoxy groups -OCH3 is 1. The van der Waals surface area contributed by atoms with Crippen LogP contribution in [0, 0.1) is 13.8 Å². The number of unbranched alkanes of at least 4 members (excludes halogenated alkanes) is 3. The third-order valence-corrected chi connectivity index (χ3v) is 6.93. The smallest absolute Gasteiger partial charge is 0.296 e. The summed E-state index contributed by atoms with van der Waals surface area (Å²) in [5, 5.41) is 0.444. The Morgan fingerprint density at radius 1 is 0.947 bits per heavy atom. The van der Waals surface area contributed by atoms with E-state index in [0.29, 0.717) is 46.0 Å². The van der Waals surface area contributed by atoms with E-state index in [4.69, 9.17) is 13.9 Å². The van der Waals surface area contributed by atoms with Gasteiger partial charge in [0.1, 0.15) is 11.4 Å². The quantitative estimate of drug-likeness (QED) is 0.237. The average Bonchev–Trinajstić information content (AvgIpc) is 3.22. The van der Waals surface area contributed by atoms with Crippen LogP contribution < -0.4 is 19.8 Å². The summed E-state index contributed by atoms with van der Waals surface area (Å²) in [7, 11) is 1.58. The first-order valence-corrected chi connectivity index (χ1v) is 13.1. The topological polar surface area (TPSA) is 81.9 Å². The summed E-state index contributed by atoms with van der Waals surface area (Å²) in [5.74, 6) is 1.23. The van der Waals surface area contributed by atoms with Crippen LogP contribution in [0.1, 0.15) is 71.5 Å². The molecule has 1 aliphatic rings. The lowest BCUT2D eigenvalue weighted by Crippen LogP contribution is -2.30. The number of amides is 1. The minimum Gasteiger partial charge on any atom is -0.493 e. The first kappa shape index (κ1) is 25.5. The monoisotopic (exact) mass is 512 g/mol. The van der Waals surface area contributed by atoms with Crippen molar-refractivity contribution in [1.82, 2.24) is 4.98 Å². The number of hydrogen-bond acceptors (Lipinski definition) is 6. The summed E-state index contributed by atoms with van der Waals surface area (Å²) >= 11 is 0. The molecule has 2 aromatic heterocycles. The minimum absolute atomic E-state index is 0.0361. The molecule has 1 aliphatic heterocycles. The van der Waals surface area contributed by atoms with E-state index < -0.39 is 11.9 Å². The maximum absolute atomic E-state index is 13.9. The van der Waals surface area contributed by atoms with Gasteiger partial charge in [-0.05, 0) is 61.7 Å². The molecular weight excluding hydrogens is 480 g/mol. The van der Waals surface area contributed by atoms with Crippen LogP contribution in [-0.2, 0) is 0 Å². The molecule has 196 valence electrons. The Labute approximate surface area is 222 Å². The molecule has 0 spiro atoms. The molecule has 3 heterocycles. The van der Waals surface area contributed by atoms with E-state index in [1.54, 1.807) is 31.5 Å². The number of aryl methyl sites for hydroxylation is 2. The molecule has 5 rings (SSSR count). The molecule has 0 saturated carbocycles. The van der Waals surface area contributed by atoms with Crippen molar-refractivity contribution in [2.75, 3.05) is 18.6 Å². The van der Waals surface area contributed by atoms with E-state index in [1.807, 2.05) is 44.2 Å². The molecule has 7 heteroatoms. The third-order valence-electron chi connectivity index (χ3n) is 6.93. The molecule has 0 aliphatic carbocycles. The number of anilines is 1. The van der Waals surface area contributed by atoms with Crippen molar-refractivity contribution >= 4 is 22.7 Å². The van der Waals surface area contributed by atoms with Gasteiger partial charge in [0.2, 0.25) is 5.76 Å². The summed E-state index contributed by atoms with van der Waals surface area (Å²) in [6.07, 6.45) is 6.11. The van der Waals surface area contributed by atoms with Gasteiger partial charge in [-0.3, -0.25) is 14.5 Å². The van der Waals surface area contributed by atoms with Crippen molar-refractivity contribution < 1.29 is 18.7 Å². The van der Waals surface area contributed by atoms with Crippen LogP contribution >= 0.6 is 0 Å². The SMILES string of the molecule is CCCCCCOc1ccc(C2c3c(oc4ccc(C)cc4c3=O)C(=O)N2c2ccc(C)cn2)cc1OC. The molecule has 7 nitrogen and oxygen atoms in total. The van der Waals surface area contributed by atoms with Gasteiger partial charge < -0.3 is 13.9 Å². The van der Waals surface area contributed by atoms with Crippen LogP contribution in [-0.4, -0.2) is 24.6 Å². The highest BCUT2D eigenvalue weighted by Crippen LogP contribution is 2.42. The van der Waals surface area contributed by atoms with Gasteiger partial charge in [0.15, 0.2) is 16.9 Å². The average molecular weight is 513 g/mol. The summed E-state index contributed by atoms with van der Waals surface area (Å²) < 4.78 is 17.7. The first-order chi connectivity index (χ1) is 18.4. The molecule has 4 aromatic rings. The predicted octanol–water partition coefficient (Wildman–Crippen LogP) is 6.52. The van der Waals surface area contributed by atoms with Gasteiger partial charge in [0.25, 0.3) is 5.91 Å². The number of pyridine rings is 1. The van der Waals surface area contributed by atoms with Gasteiger partial charge >= 0.3 is 0 Å². The van der Waals surface area contributed by atoms with Crippen LogP contribution in [0.25, 0.3) is 11.0 Å². The van der Waals surface area contributed by atoms with Crippen LogP contribution in [0.3, 0.4) is 0 Å². The molecule has 0 fully saturated rings. The van der Waals surface area contributed by atoms with Crippen molar-refractivity contribution in [2.45, 2.75) is 52.5 Å². The van der Waals surface area contributed by atoms with Gasteiger partial charge in [0.05, 0.1) is 30.7 Å². The van der Waals surface area contributed by atoms with Crippen molar-refractivity contribution in [3.63, 3.8) is 0 Å². The summed E-state index contributed by atoms with van der Waals surface area (Å²) in [4.78, 5) is 33.7. The number of benzene rings is 2. The molecule has 1 unspecified atom stereocenters. The van der Waals surface area contributed by atoms with E-state index in [1.165, 1.54) is 11.3 Å². The van der Waals surface area contributed by atoms with Crippen LogP contribution in [0.2, 0.25) is 0 Å². The van der Waals surface area contributed by atoms with Crippen LogP contribution in [0.15, 0.2) is 63.9 Å². The number of nitrogens with zero attached hydrogens (tertiary/aromatic N) is 2. The number of fused-ring (bicyclic) bond motifs is 2. The second kappa shape index (κ2) is 10.7. The van der Waals surface area contributed by atoms with E-state index >= 15 is 0 Å². The molecule has 0 saturated heterocycles. The number of ether oxygens (including phenoxy) is 2. The van der Waals surface area contributed by atoms with Gasteiger partial charge in [-0.2, -0.15) is 0 Å². The highest BCUT2D eigenvalue weighted by Gasteiger charge is 2.44. The molecule has 0 radical (unpaired) electrons. The molecule has 1 atom stereocenters.